The van der Waals surface area contributed by atoms with E-state index in [-0.39, 0.29) is 11.9 Å². The Hall–Kier alpha value is -4.45. The molecule has 0 saturated heterocycles. The van der Waals surface area contributed by atoms with E-state index in [2.05, 4.69) is 15.3 Å². The number of carbonyl (C=O) groups is 1. The summed E-state index contributed by atoms with van der Waals surface area (Å²) in [4.78, 5) is 20.4. The van der Waals surface area contributed by atoms with Crippen molar-refractivity contribution in [2.24, 2.45) is 0 Å². The zero-order chi connectivity index (χ0) is 22.9. The van der Waals surface area contributed by atoms with Crippen molar-refractivity contribution in [3.8, 4) is 17.5 Å². The zero-order valence-electron chi connectivity index (χ0n) is 18.1. The van der Waals surface area contributed by atoms with Gasteiger partial charge in [-0.05, 0) is 66.1 Å². The maximum absolute atomic E-state index is 12.4. The Morgan fingerprint density at radius 2 is 1.64 bits per heavy atom. The number of hydrogen-bond donors (Lipinski definition) is 1. The highest BCUT2D eigenvalue weighted by Gasteiger charge is 2.06. The van der Waals surface area contributed by atoms with E-state index in [4.69, 9.17) is 9.47 Å². The van der Waals surface area contributed by atoms with Gasteiger partial charge in [-0.2, -0.15) is 0 Å². The van der Waals surface area contributed by atoms with Crippen LogP contribution < -0.4 is 14.8 Å². The van der Waals surface area contributed by atoms with E-state index in [1.807, 2.05) is 67.6 Å². The number of nitrogens with zero attached hydrogens (tertiary/aromatic N) is 2. The number of anilines is 1. The van der Waals surface area contributed by atoms with Gasteiger partial charge in [-0.3, -0.25) is 4.79 Å². The van der Waals surface area contributed by atoms with Crippen molar-refractivity contribution in [2.45, 2.75) is 13.5 Å². The van der Waals surface area contributed by atoms with Gasteiger partial charge in [0.15, 0.2) is 0 Å². The number of benzene rings is 3. The molecule has 1 amide bonds. The Morgan fingerprint density at radius 3 is 2.36 bits per heavy atom. The van der Waals surface area contributed by atoms with Gasteiger partial charge in [0.05, 0.1) is 0 Å². The van der Waals surface area contributed by atoms with Gasteiger partial charge in [-0.25, -0.2) is 9.97 Å². The minimum Gasteiger partial charge on any atom is -0.489 e. The van der Waals surface area contributed by atoms with E-state index in [9.17, 15) is 4.79 Å². The molecule has 164 valence electrons. The molecule has 0 unspecified atom stereocenters. The van der Waals surface area contributed by atoms with E-state index in [1.165, 1.54) is 6.08 Å². The van der Waals surface area contributed by atoms with E-state index in [0.717, 1.165) is 22.4 Å². The maximum Gasteiger partial charge on any atom is 0.321 e. The SMILES string of the molecule is Cc1cc(Oc2ncccn2)ccc1NC(=O)/C=C/c1ccc(OCc2ccccc2)cc1. The molecule has 0 saturated carbocycles. The Morgan fingerprint density at radius 1 is 0.909 bits per heavy atom. The summed E-state index contributed by atoms with van der Waals surface area (Å²) in [5.41, 5.74) is 3.59. The second kappa shape index (κ2) is 10.7. The fourth-order valence-corrected chi connectivity index (χ4v) is 3.05. The third kappa shape index (κ3) is 6.51. The number of rotatable bonds is 8. The van der Waals surface area contributed by atoms with Gasteiger partial charge < -0.3 is 14.8 Å². The first-order valence-corrected chi connectivity index (χ1v) is 10.5. The number of amides is 1. The molecule has 0 fully saturated rings. The van der Waals surface area contributed by atoms with Crippen LogP contribution in [0.3, 0.4) is 0 Å². The van der Waals surface area contributed by atoms with Crippen molar-refractivity contribution in [2.75, 3.05) is 5.32 Å². The monoisotopic (exact) mass is 437 g/mol. The normalized spacial score (nSPS) is 10.7. The molecule has 0 bridgehead atoms. The Bertz CT molecular complexity index is 1220. The highest BCUT2D eigenvalue weighted by Crippen LogP contribution is 2.24. The van der Waals surface area contributed by atoms with Crippen molar-refractivity contribution in [3.63, 3.8) is 0 Å². The van der Waals surface area contributed by atoms with Gasteiger partial charge >= 0.3 is 6.01 Å². The molecule has 0 aliphatic heterocycles. The molecule has 1 heterocycles. The van der Waals surface area contributed by atoms with Crippen LogP contribution in [0.4, 0.5) is 5.69 Å². The van der Waals surface area contributed by atoms with Crippen LogP contribution in [-0.4, -0.2) is 15.9 Å². The average molecular weight is 437 g/mol. The van der Waals surface area contributed by atoms with E-state index in [1.54, 1.807) is 36.7 Å². The second-order valence-electron chi connectivity index (χ2n) is 7.28. The lowest BCUT2D eigenvalue weighted by molar-refractivity contribution is -0.111. The summed E-state index contributed by atoms with van der Waals surface area (Å²) < 4.78 is 11.4. The lowest BCUT2D eigenvalue weighted by Crippen LogP contribution is -2.09. The zero-order valence-corrected chi connectivity index (χ0v) is 18.1. The van der Waals surface area contributed by atoms with Crippen LogP contribution in [-0.2, 0) is 11.4 Å². The largest absolute Gasteiger partial charge is 0.489 e. The smallest absolute Gasteiger partial charge is 0.321 e. The third-order valence-corrected chi connectivity index (χ3v) is 4.76. The summed E-state index contributed by atoms with van der Waals surface area (Å²) in [6.45, 7) is 2.41. The molecule has 3 aromatic carbocycles. The summed E-state index contributed by atoms with van der Waals surface area (Å²) in [5, 5.41) is 2.88. The Labute approximate surface area is 192 Å². The quantitative estimate of drug-likeness (QED) is 0.352. The number of ether oxygens (including phenoxy) is 2. The highest BCUT2D eigenvalue weighted by molar-refractivity contribution is 6.02. The molecular formula is C27H23N3O3. The molecule has 0 spiro atoms. The number of nitrogens with one attached hydrogen (secondary N) is 1. The molecule has 1 N–H and O–H groups in total. The Balaban J connectivity index is 1.30. The number of aryl methyl sites for hydroxylation is 1. The van der Waals surface area contributed by atoms with Crippen molar-refractivity contribution >= 4 is 17.7 Å². The number of hydrogen-bond acceptors (Lipinski definition) is 5. The van der Waals surface area contributed by atoms with Gasteiger partial charge in [0.1, 0.15) is 18.1 Å². The van der Waals surface area contributed by atoms with Gasteiger partial charge in [-0.1, -0.05) is 42.5 Å². The molecule has 33 heavy (non-hydrogen) atoms. The van der Waals surface area contributed by atoms with Crippen LogP contribution in [0.5, 0.6) is 17.5 Å². The summed E-state index contributed by atoms with van der Waals surface area (Å²) >= 11 is 0. The maximum atomic E-state index is 12.4. The van der Waals surface area contributed by atoms with Crippen LogP contribution in [0.15, 0.2) is 97.3 Å². The molecule has 0 radical (unpaired) electrons. The third-order valence-electron chi connectivity index (χ3n) is 4.76. The average Bonchev–Trinajstić information content (AvgIpc) is 2.85. The minimum absolute atomic E-state index is 0.220. The van der Waals surface area contributed by atoms with E-state index >= 15 is 0 Å². The van der Waals surface area contributed by atoms with Crippen LogP contribution in [0, 0.1) is 6.92 Å². The minimum atomic E-state index is -0.220. The fraction of sp³-hybridized carbons (Fsp3) is 0.0741. The summed E-state index contributed by atoms with van der Waals surface area (Å²) in [7, 11) is 0. The molecule has 0 aliphatic rings. The van der Waals surface area contributed by atoms with Crippen LogP contribution in [0.1, 0.15) is 16.7 Å². The fourth-order valence-electron chi connectivity index (χ4n) is 3.05. The van der Waals surface area contributed by atoms with E-state index in [0.29, 0.717) is 18.0 Å². The second-order valence-corrected chi connectivity index (χ2v) is 7.28. The first-order chi connectivity index (χ1) is 16.2. The standard InChI is InChI=1S/C27H23N3O3/c1-20-18-24(33-27-28-16-5-17-29-27)13-14-25(20)30-26(31)15-10-21-8-11-23(12-9-21)32-19-22-6-3-2-4-7-22/h2-18H,19H2,1H3,(H,30,31)/b15-10+. The lowest BCUT2D eigenvalue weighted by atomic mass is 10.2. The van der Waals surface area contributed by atoms with Gasteiger partial charge in [0, 0.05) is 24.2 Å². The molecule has 0 atom stereocenters. The molecule has 1 aromatic heterocycles. The van der Waals surface area contributed by atoms with E-state index < -0.39 is 0 Å². The highest BCUT2D eigenvalue weighted by atomic mass is 16.5. The van der Waals surface area contributed by atoms with Crippen molar-refractivity contribution in [1.82, 2.24) is 9.97 Å². The first-order valence-electron chi connectivity index (χ1n) is 10.5. The van der Waals surface area contributed by atoms with Crippen molar-refractivity contribution in [3.05, 3.63) is 114 Å². The van der Waals surface area contributed by atoms with Gasteiger partial charge in [-0.15, -0.1) is 0 Å². The van der Waals surface area contributed by atoms with Crippen LogP contribution in [0.25, 0.3) is 6.08 Å². The lowest BCUT2D eigenvalue weighted by Gasteiger charge is -2.09. The summed E-state index contributed by atoms with van der Waals surface area (Å²) in [5.74, 6) is 1.16. The molecule has 4 aromatic rings. The predicted octanol–water partition coefficient (Wildman–Crippen LogP) is 5.81. The van der Waals surface area contributed by atoms with Crippen molar-refractivity contribution < 1.29 is 14.3 Å². The summed E-state index contributed by atoms with van der Waals surface area (Å²) in [6, 6.07) is 25.0. The van der Waals surface area contributed by atoms with Crippen LogP contribution >= 0.6 is 0 Å². The van der Waals surface area contributed by atoms with Gasteiger partial charge in [0.25, 0.3) is 0 Å². The van der Waals surface area contributed by atoms with Gasteiger partial charge in [0.2, 0.25) is 5.91 Å². The molecular weight excluding hydrogens is 414 g/mol. The Kier molecular flexibility index (Phi) is 7.08. The molecule has 4 rings (SSSR count). The molecule has 0 aliphatic carbocycles. The predicted molar refractivity (Wildman–Crippen MR) is 128 cm³/mol. The topological polar surface area (TPSA) is 73.3 Å². The molecule has 6 heteroatoms. The summed E-state index contributed by atoms with van der Waals surface area (Å²) in [6.07, 6.45) is 6.49. The first kappa shape index (κ1) is 21.8. The molecule has 6 nitrogen and oxygen atoms in total. The van der Waals surface area contributed by atoms with Crippen molar-refractivity contribution in [1.29, 1.82) is 0 Å². The number of carbonyl (C=O) groups excluding carboxylic acids is 1. The number of aromatic nitrogens is 2. The van der Waals surface area contributed by atoms with Crippen LogP contribution in [0.2, 0.25) is 0 Å².